The molecule has 0 aromatic heterocycles. The minimum absolute atomic E-state index is 0.501. The van der Waals surface area contributed by atoms with Gasteiger partial charge in [0.15, 0.2) is 0 Å². The highest BCUT2D eigenvalue weighted by molar-refractivity contribution is 5.02. The largest absolute Gasteiger partial charge is 0.327 e. The number of hydrogen-bond donors (Lipinski definition) is 1. The van der Waals surface area contributed by atoms with E-state index >= 15 is 0 Å². The summed E-state index contributed by atoms with van der Waals surface area (Å²) in [6, 6.07) is 1.30. The summed E-state index contributed by atoms with van der Waals surface area (Å²) >= 11 is 0. The average Bonchev–Trinajstić information content (AvgIpc) is 2.41. The van der Waals surface area contributed by atoms with Crippen LogP contribution in [-0.2, 0) is 0 Å². The van der Waals surface area contributed by atoms with E-state index in [1.165, 1.54) is 19.3 Å². The summed E-state index contributed by atoms with van der Waals surface area (Å²) in [7, 11) is 4.38. The lowest BCUT2D eigenvalue weighted by Gasteiger charge is -2.24. The number of fused-ring (bicyclic) bond motifs is 2. The second kappa shape index (κ2) is 2.46. The fourth-order valence-corrected chi connectivity index (χ4v) is 3.15. The first-order valence-electron chi connectivity index (χ1n) is 4.62. The maximum absolute atomic E-state index is 6.02. The molecule has 0 saturated heterocycles. The van der Waals surface area contributed by atoms with Crippen LogP contribution in [0, 0.1) is 11.8 Å². The van der Waals surface area contributed by atoms with E-state index in [0.29, 0.717) is 6.04 Å². The van der Waals surface area contributed by atoms with E-state index in [-0.39, 0.29) is 0 Å². The summed E-state index contributed by atoms with van der Waals surface area (Å²) in [5.74, 6) is 1.71. The van der Waals surface area contributed by atoms with Crippen LogP contribution in [0.1, 0.15) is 19.3 Å². The van der Waals surface area contributed by atoms with E-state index in [0.717, 1.165) is 17.9 Å². The third kappa shape index (κ3) is 1.00. The Morgan fingerprint density at radius 1 is 1.27 bits per heavy atom. The average molecular weight is 154 g/mol. The standard InChI is InChI=1S/C9H18N2/c1-11(2)9-6-3-4-7(9)8(10)5-6/h6-9H,3-5,10H2,1-2H3. The Labute approximate surface area is 68.7 Å². The Hall–Kier alpha value is -0.0800. The van der Waals surface area contributed by atoms with Crippen LogP contribution in [0.2, 0.25) is 0 Å². The number of hydrogen-bond acceptors (Lipinski definition) is 2. The second-order valence-corrected chi connectivity index (χ2v) is 4.36. The van der Waals surface area contributed by atoms with Crippen molar-refractivity contribution in [3.63, 3.8) is 0 Å². The van der Waals surface area contributed by atoms with E-state index in [4.69, 9.17) is 5.73 Å². The fraction of sp³-hybridized carbons (Fsp3) is 1.00. The van der Waals surface area contributed by atoms with Crippen molar-refractivity contribution in [2.24, 2.45) is 17.6 Å². The van der Waals surface area contributed by atoms with Crippen molar-refractivity contribution in [1.29, 1.82) is 0 Å². The smallest absolute Gasteiger partial charge is 0.0161 e. The van der Waals surface area contributed by atoms with Gasteiger partial charge >= 0.3 is 0 Å². The molecule has 2 nitrogen and oxygen atoms in total. The van der Waals surface area contributed by atoms with E-state index in [9.17, 15) is 0 Å². The van der Waals surface area contributed by atoms with Crippen molar-refractivity contribution in [1.82, 2.24) is 4.90 Å². The summed E-state index contributed by atoms with van der Waals surface area (Å²) in [5, 5.41) is 0. The van der Waals surface area contributed by atoms with Crippen LogP contribution < -0.4 is 5.73 Å². The highest BCUT2D eigenvalue weighted by Crippen LogP contribution is 2.45. The van der Waals surface area contributed by atoms with Crippen LogP contribution in [0.25, 0.3) is 0 Å². The van der Waals surface area contributed by atoms with Gasteiger partial charge in [-0.05, 0) is 45.2 Å². The molecule has 64 valence electrons. The first-order chi connectivity index (χ1) is 5.20. The number of nitrogens with zero attached hydrogens (tertiary/aromatic N) is 1. The van der Waals surface area contributed by atoms with Gasteiger partial charge in [-0.1, -0.05) is 0 Å². The molecule has 4 atom stereocenters. The predicted molar refractivity (Wildman–Crippen MR) is 46.3 cm³/mol. The molecular formula is C9H18N2. The van der Waals surface area contributed by atoms with Crippen LogP contribution in [0.5, 0.6) is 0 Å². The summed E-state index contributed by atoms with van der Waals surface area (Å²) < 4.78 is 0. The SMILES string of the molecule is CN(C)C1C2CCC1C(N)C2. The zero-order valence-corrected chi connectivity index (χ0v) is 7.46. The lowest BCUT2D eigenvalue weighted by atomic mass is 9.96. The molecule has 2 fully saturated rings. The van der Waals surface area contributed by atoms with E-state index in [1.54, 1.807) is 0 Å². The predicted octanol–water partition coefficient (Wildman–Crippen LogP) is 0.674. The Morgan fingerprint density at radius 3 is 2.27 bits per heavy atom. The van der Waals surface area contributed by atoms with Crippen LogP contribution in [0.15, 0.2) is 0 Å². The normalized spacial score (nSPS) is 49.1. The van der Waals surface area contributed by atoms with Gasteiger partial charge in [0, 0.05) is 12.1 Å². The molecule has 0 heterocycles. The summed E-state index contributed by atoms with van der Waals surface area (Å²) in [6.45, 7) is 0. The molecule has 0 aromatic carbocycles. The highest BCUT2D eigenvalue weighted by atomic mass is 15.1. The van der Waals surface area contributed by atoms with Gasteiger partial charge in [-0.2, -0.15) is 0 Å². The summed E-state index contributed by atoms with van der Waals surface area (Å²) in [5.41, 5.74) is 6.02. The third-order valence-electron chi connectivity index (χ3n) is 3.51. The van der Waals surface area contributed by atoms with Gasteiger partial charge in [0.05, 0.1) is 0 Å². The number of rotatable bonds is 1. The zero-order chi connectivity index (χ0) is 8.01. The van der Waals surface area contributed by atoms with Gasteiger partial charge in [-0.25, -0.2) is 0 Å². The lowest BCUT2D eigenvalue weighted by molar-refractivity contribution is 0.233. The molecule has 2 rings (SSSR count). The summed E-state index contributed by atoms with van der Waals surface area (Å²) in [6.07, 6.45) is 4.06. The molecule has 2 heteroatoms. The van der Waals surface area contributed by atoms with E-state index in [1.807, 2.05) is 0 Å². The summed E-state index contributed by atoms with van der Waals surface area (Å²) in [4.78, 5) is 2.37. The van der Waals surface area contributed by atoms with Gasteiger partial charge in [0.2, 0.25) is 0 Å². The molecule has 2 aliphatic carbocycles. The number of nitrogens with two attached hydrogens (primary N) is 1. The van der Waals surface area contributed by atoms with Gasteiger partial charge in [0.1, 0.15) is 0 Å². The third-order valence-corrected chi connectivity index (χ3v) is 3.51. The molecule has 2 N–H and O–H groups in total. The maximum Gasteiger partial charge on any atom is 0.0161 e. The van der Waals surface area contributed by atoms with Crippen molar-refractivity contribution >= 4 is 0 Å². The second-order valence-electron chi connectivity index (χ2n) is 4.36. The van der Waals surface area contributed by atoms with Crippen molar-refractivity contribution in [3.05, 3.63) is 0 Å². The Kier molecular flexibility index (Phi) is 1.69. The molecule has 11 heavy (non-hydrogen) atoms. The fourth-order valence-electron chi connectivity index (χ4n) is 3.15. The Bertz CT molecular complexity index is 156. The van der Waals surface area contributed by atoms with Crippen molar-refractivity contribution in [3.8, 4) is 0 Å². The lowest BCUT2D eigenvalue weighted by Crippen LogP contribution is -2.36. The molecule has 2 aliphatic rings. The first kappa shape index (κ1) is 7.56. The maximum atomic E-state index is 6.02. The molecule has 4 unspecified atom stereocenters. The molecule has 0 radical (unpaired) electrons. The van der Waals surface area contributed by atoms with E-state index < -0.39 is 0 Å². The van der Waals surface area contributed by atoms with Gasteiger partial charge in [-0.3, -0.25) is 0 Å². The first-order valence-corrected chi connectivity index (χ1v) is 4.62. The minimum Gasteiger partial charge on any atom is -0.327 e. The van der Waals surface area contributed by atoms with Crippen molar-refractivity contribution < 1.29 is 0 Å². The van der Waals surface area contributed by atoms with E-state index in [2.05, 4.69) is 19.0 Å². The van der Waals surface area contributed by atoms with Crippen LogP contribution in [-0.4, -0.2) is 31.1 Å². The molecule has 2 bridgehead atoms. The van der Waals surface area contributed by atoms with Gasteiger partial charge in [0.25, 0.3) is 0 Å². The van der Waals surface area contributed by atoms with Gasteiger partial charge in [-0.15, -0.1) is 0 Å². The van der Waals surface area contributed by atoms with Crippen molar-refractivity contribution in [2.75, 3.05) is 14.1 Å². The Balaban J connectivity index is 2.13. The molecule has 0 spiro atoms. The van der Waals surface area contributed by atoms with Gasteiger partial charge < -0.3 is 10.6 Å². The highest BCUT2D eigenvalue weighted by Gasteiger charge is 2.47. The topological polar surface area (TPSA) is 29.3 Å². The molecule has 0 aliphatic heterocycles. The molecule has 0 amide bonds. The quantitative estimate of drug-likeness (QED) is 0.601. The van der Waals surface area contributed by atoms with Crippen LogP contribution in [0.3, 0.4) is 0 Å². The minimum atomic E-state index is 0.501. The van der Waals surface area contributed by atoms with Crippen LogP contribution in [0.4, 0.5) is 0 Å². The molecule has 0 aromatic rings. The van der Waals surface area contributed by atoms with Crippen LogP contribution >= 0.6 is 0 Å². The Morgan fingerprint density at radius 2 is 2.00 bits per heavy atom. The van der Waals surface area contributed by atoms with Crippen molar-refractivity contribution in [2.45, 2.75) is 31.3 Å². The molecule has 2 saturated carbocycles. The monoisotopic (exact) mass is 154 g/mol. The zero-order valence-electron chi connectivity index (χ0n) is 7.46. The molecular weight excluding hydrogens is 136 g/mol.